The van der Waals surface area contributed by atoms with Crippen molar-refractivity contribution in [2.24, 2.45) is 5.73 Å². The molecule has 34 heavy (non-hydrogen) atoms. The van der Waals surface area contributed by atoms with Gasteiger partial charge in [0.2, 0.25) is 0 Å². The molecule has 7 heteroatoms. The zero-order valence-electron chi connectivity index (χ0n) is 18.9. The molecule has 0 aliphatic carbocycles. The second-order valence-electron chi connectivity index (χ2n) is 8.52. The zero-order valence-corrected chi connectivity index (χ0v) is 18.9. The minimum Gasteiger partial charge on any atom is -0.493 e. The van der Waals surface area contributed by atoms with Crippen molar-refractivity contribution in [2.75, 3.05) is 19.8 Å². The van der Waals surface area contributed by atoms with Crippen LogP contribution in [0.5, 0.6) is 5.75 Å². The summed E-state index contributed by atoms with van der Waals surface area (Å²) in [4.78, 5) is 0. The van der Waals surface area contributed by atoms with Crippen molar-refractivity contribution in [1.82, 2.24) is 0 Å². The quantitative estimate of drug-likeness (QED) is 0.343. The summed E-state index contributed by atoms with van der Waals surface area (Å²) in [7, 11) is 0. The Balaban J connectivity index is 1.57. The maximum absolute atomic E-state index is 13.6. The highest BCUT2D eigenvalue weighted by Gasteiger charge is 2.35. The molecule has 182 valence electrons. The number of hydrogen-bond acceptors (Lipinski definition) is 4. The number of alkyl halides is 3. The summed E-state index contributed by atoms with van der Waals surface area (Å²) >= 11 is 0. The molecule has 0 bridgehead atoms. The average Bonchev–Trinajstić information content (AvgIpc) is 2.86. The lowest BCUT2D eigenvalue weighted by molar-refractivity contribution is -0.139. The van der Waals surface area contributed by atoms with E-state index in [1.54, 1.807) is 6.07 Å². The third-order valence-corrected chi connectivity index (χ3v) is 5.82. The highest BCUT2D eigenvalue weighted by atomic mass is 19.4. The summed E-state index contributed by atoms with van der Waals surface area (Å²) in [6, 6.07) is 22.1. The van der Waals surface area contributed by atoms with Crippen molar-refractivity contribution < 1.29 is 28.1 Å². The van der Waals surface area contributed by atoms with E-state index in [2.05, 4.69) is 0 Å². The fraction of sp³-hybridized carbons (Fsp3) is 0.333. The maximum Gasteiger partial charge on any atom is 0.419 e. The van der Waals surface area contributed by atoms with Gasteiger partial charge in [-0.1, -0.05) is 60.7 Å². The number of aryl methyl sites for hydroxylation is 2. The predicted octanol–water partition coefficient (Wildman–Crippen LogP) is 5.00. The molecule has 3 rings (SSSR count). The van der Waals surface area contributed by atoms with E-state index in [9.17, 15) is 23.4 Å². The Morgan fingerprint density at radius 2 is 1.38 bits per heavy atom. The number of halogens is 3. The molecule has 3 aromatic rings. The van der Waals surface area contributed by atoms with Crippen LogP contribution in [0.4, 0.5) is 13.2 Å². The van der Waals surface area contributed by atoms with Gasteiger partial charge in [-0.05, 0) is 60.1 Å². The number of benzene rings is 3. The maximum atomic E-state index is 13.6. The molecule has 0 fully saturated rings. The van der Waals surface area contributed by atoms with Gasteiger partial charge in [0, 0.05) is 0 Å². The molecular formula is C27H30F3NO3. The fourth-order valence-corrected chi connectivity index (χ4v) is 3.63. The third-order valence-electron chi connectivity index (χ3n) is 5.82. The second-order valence-corrected chi connectivity index (χ2v) is 8.52. The number of aliphatic hydroxyl groups excluding tert-OH is 2. The van der Waals surface area contributed by atoms with Gasteiger partial charge in [-0.15, -0.1) is 0 Å². The van der Waals surface area contributed by atoms with E-state index in [4.69, 9.17) is 10.5 Å². The second kappa shape index (κ2) is 11.5. The Morgan fingerprint density at radius 3 is 2.00 bits per heavy atom. The molecule has 0 saturated heterocycles. The number of aliphatic hydroxyl groups is 2. The highest BCUT2D eigenvalue weighted by molar-refractivity contribution is 5.63. The van der Waals surface area contributed by atoms with Crippen LogP contribution in [0.3, 0.4) is 0 Å². The minimum atomic E-state index is -4.56. The topological polar surface area (TPSA) is 75.7 Å². The summed E-state index contributed by atoms with van der Waals surface area (Å²) in [6.45, 7) is -0.749. The monoisotopic (exact) mass is 473 g/mol. The van der Waals surface area contributed by atoms with Gasteiger partial charge in [-0.2, -0.15) is 13.2 Å². The van der Waals surface area contributed by atoms with Gasteiger partial charge in [-0.25, -0.2) is 0 Å². The summed E-state index contributed by atoms with van der Waals surface area (Å²) in [5, 5.41) is 18.5. The molecule has 0 heterocycles. The number of ether oxygens (including phenoxy) is 1. The molecule has 4 nitrogen and oxygen atoms in total. The van der Waals surface area contributed by atoms with Gasteiger partial charge in [-0.3, -0.25) is 0 Å². The van der Waals surface area contributed by atoms with E-state index >= 15 is 0 Å². The lowest BCUT2D eigenvalue weighted by Gasteiger charge is -2.24. The van der Waals surface area contributed by atoms with Crippen molar-refractivity contribution in [2.45, 2.75) is 37.4 Å². The standard InChI is InChI=1S/C27H30F3NO3/c28-27(29,30)24-17-21(14-15-26(31,18-32)19-33)10-13-25(24)34-16-4-5-20-8-11-23(12-9-20)22-6-2-1-3-7-22/h1-3,6-13,17,32-33H,4-5,14-16,18-19,31H2. The van der Waals surface area contributed by atoms with Crippen LogP contribution >= 0.6 is 0 Å². The van der Waals surface area contributed by atoms with Crippen LogP contribution in [0.25, 0.3) is 11.1 Å². The number of hydrogen-bond donors (Lipinski definition) is 3. The van der Waals surface area contributed by atoms with Crippen molar-refractivity contribution in [3.63, 3.8) is 0 Å². The van der Waals surface area contributed by atoms with Gasteiger partial charge in [0.05, 0.1) is 30.9 Å². The summed E-state index contributed by atoms with van der Waals surface area (Å²) in [5.74, 6) is -0.209. The van der Waals surface area contributed by atoms with Gasteiger partial charge < -0.3 is 20.7 Å². The molecule has 0 aromatic heterocycles. The van der Waals surface area contributed by atoms with Gasteiger partial charge >= 0.3 is 6.18 Å². The Hall–Kier alpha value is -2.87. The van der Waals surface area contributed by atoms with Crippen molar-refractivity contribution in [3.05, 3.63) is 89.5 Å². The SMILES string of the molecule is NC(CO)(CO)CCc1ccc(OCCCc2ccc(-c3ccccc3)cc2)c(C(F)(F)F)c1. The van der Waals surface area contributed by atoms with E-state index in [1.165, 1.54) is 6.07 Å². The van der Waals surface area contributed by atoms with Gasteiger partial charge in [0.1, 0.15) is 5.75 Å². The van der Waals surface area contributed by atoms with E-state index in [-0.39, 0.29) is 25.2 Å². The van der Waals surface area contributed by atoms with Crippen LogP contribution in [0.2, 0.25) is 0 Å². The van der Waals surface area contributed by atoms with Crippen LogP contribution in [0, 0.1) is 0 Å². The summed E-state index contributed by atoms with van der Waals surface area (Å²) in [6.07, 6.45) is -2.95. The van der Waals surface area contributed by atoms with Crippen molar-refractivity contribution in [3.8, 4) is 16.9 Å². The first-order valence-corrected chi connectivity index (χ1v) is 11.2. The van der Waals surface area contributed by atoms with E-state index < -0.39 is 30.5 Å². The number of nitrogens with two attached hydrogens (primary N) is 1. The molecule has 0 saturated carbocycles. The van der Waals surface area contributed by atoms with Gasteiger partial charge in [0.15, 0.2) is 0 Å². The molecule has 0 amide bonds. The van der Waals surface area contributed by atoms with Crippen LogP contribution in [-0.2, 0) is 19.0 Å². The Kier molecular flexibility index (Phi) is 8.72. The normalized spacial score (nSPS) is 12.1. The van der Waals surface area contributed by atoms with Crippen molar-refractivity contribution >= 4 is 0 Å². The molecule has 0 radical (unpaired) electrons. The van der Waals surface area contributed by atoms with Crippen LogP contribution in [0.15, 0.2) is 72.8 Å². The molecule has 0 aliphatic heterocycles. The third kappa shape index (κ3) is 7.06. The molecule has 0 atom stereocenters. The molecule has 3 aromatic carbocycles. The zero-order chi connectivity index (χ0) is 24.6. The summed E-state index contributed by atoms with van der Waals surface area (Å²) in [5.41, 5.74) is 7.49. The van der Waals surface area contributed by atoms with Crippen LogP contribution in [0.1, 0.15) is 29.5 Å². The minimum absolute atomic E-state index is 0.153. The first-order valence-electron chi connectivity index (χ1n) is 11.2. The average molecular weight is 474 g/mol. The largest absolute Gasteiger partial charge is 0.493 e. The fourth-order valence-electron chi connectivity index (χ4n) is 3.63. The molecule has 0 unspecified atom stereocenters. The van der Waals surface area contributed by atoms with Crippen LogP contribution < -0.4 is 10.5 Å². The van der Waals surface area contributed by atoms with Crippen LogP contribution in [-0.4, -0.2) is 35.6 Å². The molecule has 4 N–H and O–H groups in total. The van der Waals surface area contributed by atoms with E-state index in [1.807, 2.05) is 54.6 Å². The number of rotatable bonds is 11. The molecule has 0 aliphatic rings. The first kappa shape index (κ1) is 25.7. The molecular weight excluding hydrogens is 443 g/mol. The predicted molar refractivity (Wildman–Crippen MR) is 127 cm³/mol. The lowest BCUT2D eigenvalue weighted by Crippen LogP contribution is -2.47. The van der Waals surface area contributed by atoms with E-state index in [0.29, 0.717) is 18.4 Å². The lowest BCUT2D eigenvalue weighted by atomic mass is 9.93. The molecule has 0 spiro atoms. The van der Waals surface area contributed by atoms with Crippen molar-refractivity contribution in [1.29, 1.82) is 0 Å². The Labute approximate surface area is 197 Å². The van der Waals surface area contributed by atoms with E-state index in [0.717, 1.165) is 22.8 Å². The smallest absolute Gasteiger partial charge is 0.419 e. The first-order chi connectivity index (χ1) is 16.2. The van der Waals surface area contributed by atoms with Gasteiger partial charge in [0.25, 0.3) is 0 Å². The summed E-state index contributed by atoms with van der Waals surface area (Å²) < 4.78 is 46.3. The Morgan fingerprint density at radius 1 is 0.765 bits per heavy atom. The highest BCUT2D eigenvalue weighted by Crippen LogP contribution is 2.37. The Bertz CT molecular complexity index is 1030.